The fourth-order valence-corrected chi connectivity index (χ4v) is 0. The summed E-state index contributed by atoms with van der Waals surface area (Å²) in [6.45, 7) is 0. The third kappa shape index (κ3) is 2.91. The largest absolute Gasteiger partial charge is 0.625 e. The molecule has 0 spiro atoms. The molecule has 5 nitrogen and oxygen atoms in total. The standard InChI is InChI=1S/HN2O3/c3-1-2(4)5/h(H,4,5)/q+1. The molecule has 0 aromatic rings. The number of nitrogens with zero attached hydrogens (tertiary/aromatic N) is 2. The van der Waals surface area contributed by atoms with Gasteiger partial charge in [0.2, 0.25) is 4.91 Å². The summed E-state index contributed by atoms with van der Waals surface area (Å²) in [5.74, 6) is 0. The molecule has 0 amide bonds. The van der Waals surface area contributed by atoms with Crippen LogP contribution in [-0.2, 0) is 0 Å². The van der Waals surface area contributed by atoms with Crippen molar-refractivity contribution in [2.75, 3.05) is 0 Å². The van der Waals surface area contributed by atoms with Crippen molar-refractivity contribution in [3.05, 3.63) is 10.1 Å². The van der Waals surface area contributed by atoms with E-state index in [2.05, 4.69) is 0 Å². The Labute approximate surface area is 26.7 Å². The zero-order valence-corrected chi connectivity index (χ0v) is 2.16. The van der Waals surface area contributed by atoms with Crippen LogP contribution >= 0.6 is 0 Å². The van der Waals surface area contributed by atoms with E-state index in [9.17, 15) is 0 Å². The Morgan fingerprint density at radius 2 is 2.20 bits per heavy atom. The van der Waals surface area contributed by atoms with E-state index in [4.69, 9.17) is 15.3 Å². The smallest absolute Gasteiger partial charge is 0.348 e. The second-order valence-corrected chi connectivity index (χ2v) is 0.334. The lowest BCUT2D eigenvalue weighted by Gasteiger charge is -1.47. The Morgan fingerprint density at radius 1 is 2.00 bits per heavy atom. The number of hydrogen-bond donors (Lipinski definition) is 1. The maximum atomic E-state index is 8.81. The van der Waals surface area contributed by atoms with Crippen LogP contribution < -0.4 is 4.97 Å². The van der Waals surface area contributed by atoms with Crippen LogP contribution in [0.4, 0.5) is 0 Å². The van der Waals surface area contributed by atoms with Crippen LogP contribution in [0.25, 0.3) is 0 Å². The first kappa shape index (κ1) is 3.91. The van der Waals surface area contributed by atoms with E-state index >= 15 is 0 Å². The average molecular weight is 77.0 g/mol. The molecule has 0 radical (unpaired) electrons. The Kier molecular flexibility index (Phi) is 0.980. The van der Waals surface area contributed by atoms with Gasteiger partial charge in [0.25, 0.3) is 0 Å². The zero-order valence-electron chi connectivity index (χ0n) is 2.16. The van der Waals surface area contributed by atoms with Gasteiger partial charge < -0.3 is 5.21 Å². The normalized spacial score (nSPS) is 5.60. The summed E-state index contributed by atoms with van der Waals surface area (Å²) in [7, 11) is 0. The molecule has 0 saturated carbocycles. The number of hydrogen-bond acceptors (Lipinski definition) is 2. The monoisotopic (exact) mass is 77.0 g/mol. The van der Waals surface area contributed by atoms with Crippen LogP contribution in [0.1, 0.15) is 0 Å². The SMILES string of the molecule is O=[N+]=[N+]([O-])O. The molecule has 0 aromatic carbocycles. The molecular weight excluding hydrogens is 76.0 g/mol. The van der Waals surface area contributed by atoms with Crippen LogP contribution in [0.5, 0.6) is 0 Å². The van der Waals surface area contributed by atoms with E-state index in [1.807, 2.05) is 0 Å². The lowest BCUT2D eigenvalue weighted by atomic mass is 12.9. The van der Waals surface area contributed by atoms with E-state index in [-0.39, 0.29) is 0 Å². The molecule has 1 N–H and O–H groups in total. The highest BCUT2D eigenvalue weighted by Crippen LogP contribution is 1.36. The minimum atomic E-state index is -1.06. The Hall–Kier alpha value is -1.09. The lowest BCUT2D eigenvalue weighted by molar-refractivity contribution is -0.782. The van der Waals surface area contributed by atoms with Gasteiger partial charge in [-0.3, -0.25) is 0 Å². The highest BCUT2D eigenvalue weighted by atomic mass is 16.8. The Bertz CT molecular complexity index is 65.0. The van der Waals surface area contributed by atoms with E-state index in [1.165, 1.54) is 4.97 Å². The first-order valence-electron chi connectivity index (χ1n) is 0.765. The van der Waals surface area contributed by atoms with Gasteiger partial charge >= 0.3 is 10.00 Å². The van der Waals surface area contributed by atoms with Gasteiger partial charge in [0.15, 0.2) is 0 Å². The molecule has 0 aliphatic heterocycles. The van der Waals surface area contributed by atoms with Crippen molar-refractivity contribution in [1.82, 2.24) is 4.97 Å². The first-order chi connectivity index (χ1) is 2.27. The molecule has 0 saturated heterocycles. The van der Waals surface area contributed by atoms with Crippen molar-refractivity contribution in [3.63, 3.8) is 0 Å². The van der Waals surface area contributed by atoms with Crippen molar-refractivity contribution in [3.8, 4) is 0 Å². The van der Waals surface area contributed by atoms with Gasteiger partial charge in [-0.05, 0) is 0 Å². The van der Waals surface area contributed by atoms with E-state index in [0.29, 0.717) is 0 Å². The summed E-state index contributed by atoms with van der Waals surface area (Å²) in [6.07, 6.45) is 0. The second-order valence-electron chi connectivity index (χ2n) is 0.334. The van der Waals surface area contributed by atoms with E-state index in [1.54, 1.807) is 0 Å². The molecule has 0 bridgehead atoms. The van der Waals surface area contributed by atoms with Gasteiger partial charge in [-0.25, -0.2) is 0 Å². The molecular formula is HN2O3+. The van der Waals surface area contributed by atoms with Gasteiger partial charge in [0.1, 0.15) is 0 Å². The van der Waals surface area contributed by atoms with E-state index < -0.39 is 5.02 Å². The molecule has 0 atom stereocenters. The van der Waals surface area contributed by atoms with Crippen molar-refractivity contribution in [2.24, 2.45) is 0 Å². The summed E-state index contributed by atoms with van der Waals surface area (Å²) in [5, 5.41) is 14.9. The zero-order chi connectivity index (χ0) is 4.28. The molecule has 28 valence electrons. The first-order valence-corrected chi connectivity index (χ1v) is 0.765. The Morgan fingerprint density at radius 3 is 2.20 bits per heavy atom. The third-order valence-corrected chi connectivity index (χ3v) is 0.0698. The summed E-state index contributed by atoms with van der Waals surface area (Å²) in [5.41, 5.74) is 0. The van der Waals surface area contributed by atoms with Crippen LogP contribution in [0.15, 0.2) is 0 Å². The number of nitroso groups, excluding NO2 is 1. The summed E-state index contributed by atoms with van der Waals surface area (Å²) >= 11 is 0. The molecule has 0 heterocycles. The summed E-state index contributed by atoms with van der Waals surface area (Å²) in [6, 6.07) is 0. The minimum Gasteiger partial charge on any atom is -0.348 e. The number of rotatable bonds is 0. The van der Waals surface area contributed by atoms with Crippen LogP contribution in [0.3, 0.4) is 0 Å². The van der Waals surface area contributed by atoms with Gasteiger partial charge in [-0.15, -0.1) is 0 Å². The molecule has 0 aliphatic carbocycles. The molecule has 0 fully saturated rings. The fourth-order valence-electron chi connectivity index (χ4n) is 0. The maximum Gasteiger partial charge on any atom is 0.625 e. The minimum absolute atomic E-state index is 1.06. The molecule has 0 rings (SSSR count). The Balaban J connectivity index is 3.60. The molecule has 0 aliphatic rings. The maximum absolute atomic E-state index is 8.81. The van der Waals surface area contributed by atoms with Crippen molar-refractivity contribution < 1.29 is 10.2 Å². The predicted molar refractivity (Wildman–Crippen MR) is 10.9 cm³/mol. The van der Waals surface area contributed by atoms with Crippen LogP contribution in [0, 0.1) is 10.1 Å². The lowest BCUT2D eigenvalue weighted by Crippen LogP contribution is -1.90. The third-order valence-electron chi connectivity index (χ3n) is 0.0698. The highest BCUT2D eigenvalue weighted by Gasteiger charge is 1.91. The van der Waals surface area contributed by atoms with E-state index in [0.717, 1.165) is 0 Å². The van der Waals surface area contributed by atoms with Crippen LogP contribution in [-0.4, -0.2) is 10.2 Å². The van der Waals surface area contributed by atoms with Gasteiger partial charge in [0, 0.05) is 0 Å². The quantitative estimate of drug-likeness (QED) is 0.233. The average Bonchev–Trinajstić information content (AvgIpc) is 1.38. The van der Waals surface area contributed by atoms with Gasteiger partial charge in [-0.2, -0.15) is 5.21 Å². The van der Waals surface area contributed by atoms with Crippen molar-refractivity contribution in [2.45, 2.75) is 0 Å². The highest BCUT2D eigenvalue weighted by molar-refractivity contribution is 3.81. The van der Waals surface area contributed by atoms with Crippen molar-refractivity contribution in [1.29, 1.82) is 0 Å². The van der Waals surface area contributed by atoms with Crippen molar-refractivity contribution >= 4 is 0 Å². The summed E-state index contributed by atoms with van der Waals surface area (Å²) in [4.78, 5) is 10.1. The summed E-state index contributed by atoms with van der Waals surface area (Å²) < 4.78 is 0. The molecule has 0 aromatic heterocycles. The fraction of sp³-hybridized carbons (Fsp3) is 0. The van der Waals surface area contributed by atoms with Gasteiger partial charge in [0.05, 0.1) is 0 Å². The predicted octanol–water partition coefficient (Wildman–Crippen LogP) is -0.828. The topological polar surface area (TPSA) is 77.5 Å². The molecule has 5 heteroatoms. The molecule has 0 unspecified atom stereocenters. The second kappa shape index (κ2) is 1.25. The van der Waals surface area contributed by atoms with Crippen LogP contribution in [0.2, 0.25) is 0 Å². The molecule has 5 heavy (non-hydrogen) atoms. The van der Waals surface area contributed by atoms with Gasteiger partial charge in [-0.1, -0.05) is 0 Å².